The van der Waals surface area contributed by atoms with Crippen molar-refractivity contribution in [3.8, 4) is 0 Å². The molecule has 108 valence electrons. The van der Waals surface area contributed by atoms with Crippen molar-refractivity contribution in [3.63, 3.8) is 0 Å². The fourth-order valence-corrected chi connectivity index (χ4v) is 4.21. The molecule has 2 heterocycles. The van der Waals surface area contributed by atoms with Crippen LogP contribution in [0.4, 0.5) is 11.9 Å². The molecule has 3 aliphatic rings. The molecule has 2 saturated carbocycles. The van der Waals surface area contributed by atoms with Gasteiger partial charge in [0.1, 0.15) is 0 Å². The van der Waals surface area contributed by atoms with Gasteiger partial charge in [-0.25, -0.2) is 0 Å². The van der Waals surface area contributed by atoms with Crippen LogP contribution in [0.1, 0.15) is 38.5 Å². The molecular formula is C14H20ClN5. The van der Waals surface area contributed by atoms with Gasteiger partial charge in [-0.05, 0) is 55.5 Å². The minimum atomic E-state index is 0.299. The molecule has 2 bridgehead atoms. The molecule has 1 N–H and O–H groups in total. The maximum absolute atomic E-state index is 6.06. The number of hydrogen-bond acceptors (Lipinski definition) is 5. The average Bonchev–Trinajstić information content (AvgIpc) is 3.16. The normalized spacial score (nSPS) is 32.0. The lowest BCUT2D eigenvalue weighted by atomic mass is 9.95. The van der Waals surface area contributed by atoms with Crippen molar-refractivity contribution in [1.29, 1.82) is 0 Å². The molecule has 2 aliphatic carbocycles. The molecule has 3 unspecified atom stereocenters. The topological polar surface area (TPSA) is 53.9 Å². The Balaban J connectivity index is 1.52. The molecule has 1 saturated heterocycles. The second kappa shape index (κ2) is 5.02. The lowest BCUT2D eigenvalue weighted by Gasteiger charge is -2.23. The van der Waals surface area contributed by atoms with E-state index >= 15 is 0 Å². The van der Waals surface area contributed by atoms with Gasteiger partial charge in [0.2, 0.25) is 17.2 Å². The number of halogens is 1. The lowest BCUT2D eigenvalue weighted by molar-refractivity contribution is 0.438. The van der Waals surface area contributed by atoms with Crippen molar-refractivity contribution >= 4 is 23.5 Å². The third kappa shape index (κ3) is 2.32. The summed E-state index contributed by atoms with van der Waals surface area (Å²) in [5.41, 5.74) is 0. The van der Waals surface area contributed by atoms with Gasteiger partial charge < -0.3 is 10.2 Å². The van der Waals surface area contributed by atoms with E-state index < -0.39 is 0 Å². The number of aromatic nitrogens is 3. The summed E-state index contributed by atoms with van der Waals surface area (Å²) in [5, 5.41) is 3.80. The third-order valence-electron chi connectivity index (χ3n) is 5.04. The summed E-state index contributed by atoms with van der Waals surface area (Å²) in [7, 11) is 0. The van der Waals surface area contributed by atoms with Crippen LogP contribution in [-0.2, 0) is 0 Å². The van der Waals surface area contributed by atoms with E-state index in [1.807, 2.05) is 0 Å². The Bertz CT molecular complexity index is 502. The summed E-state index contributed by atoms with van der Waals surface area (Å²) in [6.07, 6.45) is 7.79. The molecule has 1 aliphatic heterocycles. The van der Waals surface area contributed by atoms with Gasteiger partial charge >= 0.3 is 0 Å². The summed E-state index contributed by atoms with van der Waals surface area (Å²) in [5.74, 6) is 3.09. The Hall–Kier alpha value is -1.10. The van der Waals surface area contributed by atoms with Crippen LogP contribution in [0.3, 0.4) is 0 Å². The number of nitrogens with one attached hydrogen (secondary N) is 1. The molecular weight excluding hydrogens is 274 g/mol. The van der Waals surface area contributed by atoms with E-state index in [0.29, 0.717) is 17.3 Å². The van der Waals surface area contributed by atoms with Crippen molar-refractivity contribution < 1.29 is 0 Å². The van der Waals surface area contributed by atoms with Crippen LogP contribution in [0.25, 0.3) is 0 Å². The molecule has 6 heteroatoms. The summed E-state index contributed by atoms with van der Waals surface area (Å²) < 4.78 is 0. The van der Waals surface area contributed by atoms with Crippen LogP contribution < -0.4 is 10.2 Å². The van der Waals surface area contributed by atoms with Crippen molar-refractivity contribution in [3.05, 3.63) is 5.28 Å². The molecule has 0 spiro atoms. The van der Waals surface area contributed by atoms with Crippen molar-refractivity contribution in [1.82, 2.24) is 15.0 Å². The van der Waals surface area contributed by atoms with Crippen molar-refractivity contribution in [2.45, 2.75) is 44.6 Å². The van der Waals surface area contributed by atoms with E-state index in [1.165, 1.54) is 38.5 Å². The number of nitrogens with zero attached hydrogens (tertiary/aromatic N) is 4. The SMILES string of the molecule is Clc1nc(NC2CC3CCC2C3)nc(N2CCCC2)n1. The summed E-state index contributed by atoms with van der Waals surface area (Å²) in [4.78, 5) is 15.3. The Kier molecular flexibility index (Phi) is 3.17. The fraction of sp³-hybridized carbons (Fsp3) is 0.786. The maximum atomic E-state index is 6.06. The Morgan fingerprint density at radius 2 is 1.90 bits per heavy atom. The Labute approximate surface area is 124 Å². The number of rotatable bonds is 3. The first-order valence-electron chi connectivity index (χ1n) is 7.71. The van der Waals surface area contributed by atoms with Gasteiger partial charge in [0.15, 0.2) is 0 Å². The molecule has 0 aromatic carbocycles. The standard InChI is InChI=1S/C14H20ClN5/c15-12-17-13(16-11-8-9-3-4-10(11)7-9)19-14(18-12)20-5-1-2-6-20/h9-11H,1-8H2,(H,16,17,18,19). The molecule has 3 fully saturated rings. The molecule has 5 nitrogen and oxygen atoms in total. The Morgan fingerprint density at radius 3 is 2.60 bits per heavy atom. The van der Waals surface area contributed by atoms with E-state index in [4.69, 9.17) is 11.6 Å². The van der Waals surface area contributed by atoms with Gasteiger partial charge in [-0.1, -0.05) is 6.42 Å². The summed E-state index contributed by atoms with van der Waals surface area (Å²) in [6.45, 7) is 2.04. The molecule has 0 radical (unpaired) electrons. The Morgan fingerprint density at radius 1 is 1.05 bits per heavy atom. The highest BCUT2D eigenvalue weighted by molar-refractivity contribution is 6.28. The van der Waals surface area contributed by atoms with E-state index in [9.17, 15) is 0 Å². The number of hydrogen-bond donors (Lipinski definition) is 1. The minimum absolute atomic E-state index is 0.299. The quantitative estimate of drug-likeness (QED) is 0.929. The zero-order valence-corrected chi connectivity index (χ0v) is 12.3. The molecule has 1 aromatic heterocycles. The van der Waals surface area contributed by atoms with Gasteiger partial charge in [-0.2, -0.15) is 15.0 Å². The van der Waals surface area contributed by atoms with Gasteiger partial charge in [0.25, 0.3) is 0 Å². The fourth-order valence-electron chi connectivity index (χ4n) is 4.05. The summed E-state index contributed by atoms with van der Waals surface area (Å²) >= 11 is 6.06. The first-order chi connectivity index (χ1) is 9.78. The van der Waals surface area contributed by atoms with E-state index in [-0.39, 0.29) is 0 Å². The second-order valence-corrected chi connectivity index (χ2v) is 6.69. The zero-order valence-electron chi connectivity index (χ0n) is 11.6. The first-order valence-corrected chi connectivity index (χ1v) is 8.09. The van der Waals surface area contributed by atoms with Crippen LogP contribution in [0.15, 0.2) is 0 Å². The lowest BCUT2D eigenvalue weighted by Crippen LogP contribution is -2.28. The van der Waals surface area contributed by atoms with Crippen LogP contribution in [0.2, 0.25) is 5.28 Å². The number of anilines is 2. The molecule has 0 amide bonds. The largest absolute Gasteiger partial charge is 0.351 e. The van der Waals surface area contributed by atoms with Gasteiger partial charge in [-0.15, -0.1) is 0 Å². The van der Waals surface area contributed by atoms with Gasteiger partial charge in [0, 0.05) is 19.1 Å². The monoisotopic (exact) mass is 293 g/mol. The number of fused-ring (bicyclic) bond motifs is 2. The van der Waals surface area contributed by atoms with Crippen LogP contribution in [-0.4, -0.2) is 34.1 Å². The second-order valence-electron chi connectivity index (χ2n) is 6.35. The predicted molar refractivity (Wildman–Crippen MR) is 79.1 cm³/mol. The zero-order chi connectivity index (χ0) is 13.5. The highest BCUT2D eigenvalue weighted by Crippen LogP contribution is 2.45. The van der Waals surface area contributed by atoms with E-state index in [2.05, 4.69) is 25.2 Å². The molecule has 3 atom stereocenters. The average molecular weight is 294 g/mol. The van der Waals surface area contributed by atoms with E-state index in [0.717, 1.165) is 30.9 Å². The highest BCUT2D eigenvalue weighted by Gasteiger charge is 2.39. The van der Waals surface area contributed by atoms with Gasteiger partial charge in [0.05, 0.1) is 0 Å². The van der Waals surface area contributed by atoms with Gasteiger partial charge in [-0.3, -0.25) is 0 Å². The third-order valence-corrected chi connectivity index (χ3v) is 5.21. The van der Waals surface area contributed by atoms with Crippen LogP contribution >= 0.6 is 11.6 Å². The summed E-state index contributed by atoms with van der Waals surface area (Å²) in [6, 6.07) is 0.527. The smallest absolute Gasteiger partial charge is 0.231 e. The van der Waals surface area contributed by atoms with Crippen molar-refractivity contribution in [2.75, 3.05) is 23.3 Å². The van der Waals surface area contributed by atoms with Crippen LogP contribution in [0.5, 0.6) is 0 Å². The maximum Gasteiger partial charge on any atom is 0.231 e. The molecule has 20 heavy (non-hydrogen) atoms. The van der Waals surface area contributed by atoms with Crippen molar-refractivity contribution in [2.24, 2.45) is 11.8 Å². The highest BCUT2D eigenvalue weighted by atomic mass is 35.5. The predicted octanol–water partition coefficient (Wildman–Crippen LogP) is 2.73. The molecule has 1 aromatic rings. The minimum Gasteiger partial charge on any atom is -0.351 e. The van der Waals surface area contributed by atoms with Crippen LogP contribution in [0, 0.1) is 11.8 Å². The first kappa shape index (κ1) is 12.6. The van der Waals surface area contributed by atoms with E-state index in [1.54, 1.807) is 0 Å². The molecule has 4 rings (SSSR count).